The van der Waals surface area contributed by atoms with Crippen molar-refractivity contribution in [2.45, 2.75) is 26.2 Å². The van der Waals surface area contributed by atoms with Crippen molar-refractivity contribution in [2.75, 3.05) is 0 Å². The lowest BCUT2D eigenvalue weighted by Crippen LogP contribution is -2.15. The molecule has 292 valence electrons. The van der Waals surface area contributed by atoms with Crippen molar-refractivity contribution in [3.63, 3.8) is 0 Å². The summed E-state index contributed by atoms with van der Waals surface area (Å²) in [6.07, 6.45) is 0. The third-order valence-corrected chi connectivity index (χ3v) is 15.1. The molecule has 4 heteroatoms. The molecular formula is C58H37NO2S. The molecule has 3 nitrogen and oxygen atoms in total. The van der Waals surface area contributed by atoms with E-state index >= 15 is 0 Å². The van der Waals surface area contributed by atoms with Crippen molar-refractivity contribution in [1.29, 1.82) is 0 Å². The fourth-order valence-corrected chi connectivity index (χ4v) is 12.1. The van der Waals surface area contributed by atoms with Gasteiger partial charge in [-0.05, 0) is 95.4 Å². The Balaban J connectivity index is 1.01. The van der Waals surface area contributed by atoms with E-state index in [4.69, 9.17) is 8.83 Å². The van der Waals surface area contributed by atoms with Crippen LogP contribution in [0.4, 0.5) is 0 Å². The highest BCUT2D eigenvalue weighted by molar-refractivity contribution is 7.26. The third-order valence-electron chi connectivity index (χ3n) is 13.9. The molecule has 0 amide bonds. The molecule has 0 aliphatic heterocycles. The van der Waals surface area contributed by atoms with E-state index in [1.807, 2.05) is 17.4 Å². The van der Waals surface area contributed by atoms with Gasteiger partial charge < -0.3 is 13.4 Å². The molecule has 14 rings (SSSR count). The minimum absolute atomic E-state index is 0.167. The maximum absolute atomic E-state index is 6.63. The minimum Gasteiger partial charge on any atom is -0.455 e. The largest absolute Gasteiger partial charge is 0.455 e. The number of furan rings is 2. The summed E-state index contributed by atoms with van der Waals surface area (Å²) in [7, 11) is 0. The summed E-state index contributed by atoms with van der Waals surface area (Å²) in [6, 6.07) is 62.4. The van der Waals surface area contributed by atoms with Gasteiger partial charge in [-0.15, -0.1) is 11.3 Å². The number of para-hydroxylation sites is 3. The molecule has 0 saturated heterocycles. The first-order valence-electron chi connectivity index (χ1n) is 21.4. The Morgan fingerprint density at radius 2 is 1.10 bits per heavy atom. The predicted octanol–water partition coefficient (Wildman–Crippen LogP) is 16.9. The van der Waals surface area contributed by atoms with E-state index in [-0.39, 0.29) is 5.41 Å². The first-order chi connectivity index (χ1) is 30.4. The number of hydrogen-bond acceptors (Lipinski definition) is 3. The number of nitrogens with zero attached hydrogens (tertiary/aromatic N) is 1. The molecule has 0 radical (unpaired) electrons. The van der Waals surface area contributed by atoms with Crippen LogP contribution in [0.1, 0.15) is 30.5 Å². The molecule has 0 bridgehead atoms. The van der Waals surface area contributed by atoms with E-state index in [1.165, 1.54) is 58.8 Å². The molecule has 0 saturated carbocycles. The van der Waals surface area contributed by atoms with E-state index in [2.05, 4.69) is 189 Å². The van der Waals surface area contributed by atoms with Gasteiger partial charge in [-0.1, -0.05) is 129 Å². The van der Waals surface area contributed by atoms with Crippen molar-refractivity contribution in [1.82, 2.24) is 4.57 Å². The number of thiophene rings is 1. The monoisotopic (exact) mass is 811 g/mol. The summed E-state index contributed by atoms with van der Waals surface area (Å²) in [5.41, 5.74) is 18.1. The highest BCUT2D eigenvalue weighted by Crippen LogP contribution is 2.54. The molecule has 1 aliphatic carbocycles. The molecule has 13 aromatic rings. The normalized spacial score (nSPS) is 13.5. The van der Waals surface area contributed by atoms with Crippen LogP contribution in [0, 0.1) is 6.92 Å². The quantitative estimate of drug-likeness (QED) is 0.178. The van der Waals surface area contributed by atoms with Gasteiger partial charge in [-0.2, -0.15) is 0 Å². The second kappa shape index (κ2) is 12.1. The number of aryl methyl sites for hydroxylation is 1. The highest BCUT2D eigenvalue weighted by atomic mass is 32.1. The molecule has 1 aliphatic rings. The Bertz CT molecular complexity index is 4090. The number of fused-ring (bicyclic) bond motifs is 16. The average Bonchev–Trinajstić information content (AvgIpc) is 4.10. The van der Waals surface area contributed by atoms with Crippen LogP contribution in [0.5, 0.6) is 0 Å². The van der Waals surface area contributed by atoms with Crippen molar-refractivity contribution in [3.8, 4) is 39.1 Å². The minimum atomic E-state index is -0.167. The number of hydrogen-bond donors (Lipinski definition) is 0. The van der Waals surface area contributed by atoms with E-state index in [1.54, 1.807) is 0 Å². The van der Waals surface area contributed by atoms with Gasteiger partial charge in [-0.3, -0.25) is 0 Å². The van der Waals surface area contributed by atoms with Gasteiger partial charge in [0.25, 0.3) is 0 Å². The van der Waals surface area contributed by atoms with Crippen molar-refractivity contribution in [3.05, 3.63) is 187 Å². The van der Waals surface area contributed by atoms with Crippen LogP contribution < -0.4 is 0 Å². The summed E-state index contributed by atoms with van der Waals surface area (Å²) in [5, 5.41) is 9.62. The van der Waals surface area contributed by atoms with Crippen LogP contribution >= 0.6 is 11.3 Å². The van der Waals surface area contributed by atoms with Gasteiger partial charge >= 0.3 is 0 Å². The molecule has 0 fully saturated rings. The van der Waals surface area contributed by atoms with Crippen molar-refractivity contribution >= 4 is 97.2 Å². The maximum Gasteiger partial charge on any atom is 0.143 e. The maximum atomic E-state index is 6.63. The summed E-state index contributed by atoms with van der Waals surface area (Å²) in [6.45, 7) is 6.92. The van der Waals surface area contributed by atoms with Crippen LogP contribution in [0.2, 0.25) is 0 Å². The van der Waals surface area contributed by atoms with Crippen LogP contribution in [0.25, 0.3) is 125 Å². The summed E-state index contributed by atoms with van der Waals surface area (Å²) in [4.78, 5) is 0. The lowest BCUT2D eigenvalue weighted by atomic mass is 9.82. The number of aromatic nitrogens is 1. The predicted molar refractivity (Wildman–Crippen MR) is 261 cm³/mol. The second-order valence-corrected chi connectivity index (χ2v) is 18.7. The van der Waals surface area contributed by atoms with Gasteiger partial charge in [0, 0.05) is 80.3 Å². The van der Waals surface area contributed by atoms with E-state index in [9.17, 15) is 0 Å². The zero-order valence-electron chi connectivity index (χ0n) is 34.3. The molecule has 62 heavy (non-hydrogen) atoms. The van der Waals surface area contributed by atoms with Crippen LogP contribution in [-0.4, -0.2) is 4.57 Å². The highest BCUT2D eigenvalue weighted by Gasteiger charge is 2.37. The fraction of sp³-hybridized carbons (Fsp3) is 0.0690. The molecule has 0 N–H and O–H groups in total. The molecule has 0 atom stereocenters. The molecule has 9 aromatic carbocycles. The van der Waals surface area contributed by atoms with Crippen LogP contribution in [0.3, 0.4) is 0 Å². The Hall–Kier alpha value is -7.40. The Morgan fingerprint density at radius 1 is 0.452 bits per heavy atom. The van der Waals surface area contributed by atoms with E-state index in [0.29, 0.717) is 0 Å². The standard InChI is InChI=1S/C58H37NO2S/c1-32-18-27-52-46(28-32)41-15-9-13-37(56(41)61-52)34-20-26-50-45(30-34)44-29-33(36-12-8-14-40-38-10-4-6-16-51(38)60-55(36)40)19-25-49(44)59(50)35-21-22-43-48(31-35)58(2,3)47-24-23-42-39-11-5-7-17-53(39)62-57(42)54(43)47/h4-31H,1-3H3. The topological polar surface area (TPSA) is 31.2 Å². The Kier molecular flexibility index (Phi) is 6.71. The van der Waals surface area contributed by atoms with Gasteiger partial charge in [0.05, 0.1) is 11.0 Å². The van der Waals surface area contributed by atoms with Gasteiger partial charge in [-0.25, -0.2) is 0 Å². The van der Waals surface area contributed by atoms with Crippen molar-refractivity contribution in [2.24, 2.45) is 0 Å². The smallest absolute Gasteiger partial charge is 0.143 e. The zero-order valence-corrected chi connectivity index (χ0v) is 35.2. The van der Waals surface area contributed by atoms with E-state index < -0.39 is 0 Å². The first-order valence-corrected chi connectivity index (χ1v) is 22.2. The lowest BCUT2D eigenvalue weighted by Gasteiger charge is -2.22. The van der Waals surface area contributed by atoms with Gasteiger partial charge in [0.2, 0.25) is 0 Å². The first kappa shape index (κ1) is 34.3. The molecule has 4 aromatic heterocycles. The average molecular weight is 812 g/mol. The summed E-state index contributed by atoms with van der Waals surface area (Å²) in [5.74, 6) is 0. The fourth-order valence-electron chi connectivity index (χ4n) is 10.9. The van der Waals surface area contributed by atoms with Crippen LogP contribution in [0.15, 0.2) is 179 Å². The molecule has 4 heterocycles. The lowest BCUT2D eigenvalue weighted by molar-refractivity contribution is 0.660. The van der Waals surface area contributed by atoms with Gasteiger partial charge in [0.15, 0.2) is 0 Å². The Morgan fingerprint density at radius 3 is 1.84 bits per heavy atom. The molecule has 0 spiro atoms. The third kappa shape index (κ3) is 4.54. The van der Waals surface area contributed by atoms with Gasteiger partial charge in [0.1, 0.15) is 22.3 Å². The zero-order chi connectivity index (χ0) is 41.0. The van der Waals surface area contributed by atoms with Crippen molar-refractivity contribution < 1.29 is 8.83 Å². The summed E-state index contributed by atoms with van der Waals surface area (Å²) < 4.78 is 18.4. The Labute approximate surface area is 360 Å². The summed E-state index contributed by atoms with van der Waals surface area (Å²) >= 11 is 1.92. The second-order valence-electron chi connectivity index (χ2n) is 17.7. The molecular weight excluding hydrogens is 775 g/mol. The molecule has 0 unspecified atom stereocenters. The number of benzene rings is 9. The number of rotatable bonds is 3. The van der Waals surface area contributed by atoms with Crippen LogP contribution in [-0.2, 0) is 5.41 Å². The SMILES string of the molecule is Cc1ccc2oc3c(-c4ccc5c(c4)c4cc(-c6cccc7c6oc6ccccc67)ccc4n5-c4ccc5c(c4)C(C)(C)c4ccc6c(sc7ccccc76)c4-5)cccc3c2c1. The van der Waals surface area contributed by atoms with E-state index in [0.717, 1.165) is 82.9 Å².